The van der Waals surface area contributed by atoms with Crippen LogP contribution in [0, 0.1) is 0 Å². The Balaban J connectivity index is 3.01. The molecule has 0 bridgehead atoms. The zero-order chi connectivity index (χ0) is 15.9. The van der Waals surface area contributed by atoms with Crippen molar-refractivity contribution in [1.29, 1.82) is 0 Å². The first-order valence-corrected chi connectivity index (χ1v) is 8.83. The molecule has 1 rings (SSSR count). The van der Waals surface area contributed by atoms with Crippen LogP contribution < -0.4 is 10.0 Å². The van der Waals surface area contributed by atoms with Crippen molar-refractivity contribution in [1.82, 2.24) is 10.0 Å². The predicted octanol–water partition coefficient (Wildman–Crippen LogP) is 2.42. The quantitative estimate of drug-likeness (QED) is 0.668. The molecule has 21 heavy (non-hydrogen) atoms. The summed E-state index contributed by atoms with van der Waals surface area (Å²) in [4.78, 5) is -0.0129. The lowest BCUT2D eigenvalue weighted by Crippen LogP contribution is -2.27. The summed E-state index contributed by atoms with van der Waals surface area (Å²) in [7, 11) is -2.21. The number of nitrogens with one attached hydrogen (secondary N) is 2. The van der Waals surface area contributed by atoms with Gasteiger partial charge in [-0.05, 0) is 30.7 Å². The van der Waals surface area contributed by atoms with E-state index in [1.54, 1.807) is 6.07 Å². The molecule has 2 N–H and O–H groups in total. The summed E-state index contributed by atoms with van der Waals surface area (Å²) in [6.45, 7) is 3.78. The van der Waals surface area contributed by atoms with E-state index >= 15 is 0 Å². The molecule has 1 aromatic rings. The lowest BCUT2D eigenvalue weighted by molar-refractivity contribution is 0.204. The first-order valence-electron chi connectivity index (χ1n) is 6.59. The zero-order valence-corrected chi connectivity index (χ0v) is 14.4. The van der Waals surface area contributed by atoms with Crippen LogP contribution in [0.3, 0.4) is 0 Å². The van der Waals surface area contributed by atoms with Crippen molar-refractivity contribution in [3.05, 3.63) is 27.7 Å². The zero-order valence-electron chi connectivity index (χ0n) is 12.1. The van der Waals surface area contributed by atoms with Crippen LogP contribution in [0.4, 0.5) is 0 Å². The van der Waals surface area contributed by atoms with Gasteiger partial charge in [-0.2, -0.15) is 0 Å². The molecule has 1 aromatic carbocycles. The first-order chi connectivity index (χ1) is 9.92. The summed E-state index contributed by atoms with van der Waals surface area (Å²) in [5, 5.41) is 3.69. The molecule has 0 spiro atoms. The number of methoxy groups -OCH3 is 1. The minimum atomic E-state index is -3.71. The molecule has 0 saturated carbocycles. The van der Waals surface area contributed by atoms with Crippen molar-refractivity contribution >= 4 is 33.2 Å². The molecule has 0 aliphatic carbocycles. The number of hydrogen-bond acceptors (Lipinski definition) is 4. The van der Waals surface area contributed by atoms with Gasteiger partial charge >= 0.3 is 0 Å². The Kier molecular flexibility index (Phi) is 7.94. The van der Waals surface area contributed by atoms with E-state index in [9.17, 15) is 8.42 Å². The third-order valence-corrected chi connectivity index (χ3v) is 4.97. The maximum Gasteiger partial charge on any atom is 0.242 e. The molecule has 0 radical (unpaired) electrons. The number of sulfonamides is 1. The maximum atomic E-state index is 12.2. The smallest absolute Gasteiger partial charge is 0.242 e. The summed E-state index contributed by atoms with van der Waals surface area (Å²) in [5.74, 6) is 0. The lowest BCUT2D eigenvalue weighted by Gasteiger charge is -2.13. The molecule has 0 saturated heterocycles. The van der Waals surface area contributed by atoms with E-state index in [1.807, 2.05) is 6.92 Å². The fraction of sp³-hybridized carbons (Fsp3) is 0.538. The summed E-state index contributed by atoms with van der Waals surface area (Å²) in [5.41, 5.74) is 0.657. The summed E-state index contributed by atoms with van der Waals surface area (Å²) in [6.07, 6.45) is 0.974. The number of rotatable bonds is 9. The molecule has 0 fully saturated rings. The Morgan fingerprint density at radius 2 is 1.95 bits per heavy atom. The highest BCUT2D eigenvalue weighted by molar-refractivity contribution is 7.89. The summed E-state index contributed by atoms with van der Waals surface area (Å²) >= 11 is 12.2. The van der Waals surface area contributed by atoms with Crippen molar-refractivity contribution in [3.8, 4) is 0 Å². The van der Waals surface area contributed by atoms with Gasteiger partial charge in [0.2, 0.25) is 10.0 Å². The van der Waals surface area contributed by atoms with E-state index < -0.39 is 10.0 Å². The Bertz CT molecular complexity index is 565. The van der Waals surface area contributed by atoms with Crippen molar-refractivity contribution in [2.75, 3.05) is 26.8 Å². The van der Waals surface area contributed by atoms with Gasteiger partial charge in [-0.15, -0.1) is 0 Å². The summed E-state index contributed by atoms with van der Waals surface area (Å²) < 4.78 is 31.7. The number of benzene rings is 1. The molecule has 0 heterocycles. The van der Waals surface area contributed by atoms with Crippen LogP contribution in [-0.2, 0) is 21.3 Å². The van der Waals surface area contributed by atoms with E-state index in [1.165, 1.54) is 13.2 Å². The molecular formula is C13H20Cl2N2O3S. The van der Waals surface area contributed by atoms with Gasteiger partial charge in [0.05, 0.1) is 11.6 Å². The second-order valence-corrected chi connectivity index (χ2v) is 6.99. The number of halogens is 2. The van der Waals surface area contributed by atoms with Crippen molar-refractivity contribution in [2.24, 2.45) is 0 Å². The van der Waals surface area contributed by atoms with Crippen LogP contribution in [0.1, 0.15) is 18.9 Å². The van der Waals surface area contributed by atoms with Gasteiger partial charge in [0, 0.05) is 25.2 Å². The van der Waals surface area contributed by atoms with Crippen LogP contribution in [0.5, 0.6) is 0 Å². The SMILES string of the molecule is CCCNCc1cc(Cl)cc(S(=O)(=O)NCCOC)c1Cl. The van der Waals surface area contributed by atoms with Gasteiger partial charge in [0.25, 0.3) is 0 Å². The van der Waals surface area contributed by atoms with Gasteiger partial charge in [0.15, 0.2) is 0 Å². The summed E-state index contributed by atoms with van der Waals surface area (Å²) in [6, 6.07) is 3.02. The average molecular weight is 355 g/mol. The van der Waals surface area contributed by atoms with E-state index in [-0.39, 0.29) is 23.1 Å². The largest absolute Gasteiger partial charge is 0.383 e. The van der Waals surface area contributed by atoms with Gasteiger partial charge in [-0.3, -0.25) is 0 Å². The molecule has 0 aliphatic rings. The topological polar surface area (TPSA) is 67.4 Å². The molecule has 8 heteroatoms. The minimum Gasteiger partial charge on any atom is -0.383 e. The second kappa shape index (κ2) is 8.92. The fourth-order valence-electron chi connectivity index (χ4n) is 1.70. The average Bonchev–Trinajstić information content (AvgIpc) is 2.42. The number of hydrogen-bond donors (Lipinski definition) is 2. The fourth-order valence-corrected chi connectivity index (χ4v) is 3.64. The van der Waals surface area contributed by atoms with E-state index in [4.69, 9.17) is 27.9 Å². The van der Waals surface area contributed by atoms with Crippen molar-refractivity contribution in [3.63, 3.8) is 0 Å². The molecule has 0 atom stereocenters. The molecule has 0 aromatic heterocycles. The highest BCUT2D eigenvalue weighted by Crippen LogP contribution is 2.29. The predicted molar refractivity (Wildman–Crippen MR) is 85.5 cm³/mol. The van der Waals surface area contributed by atoms with Crippen LogP contribution in [0.15, 0.2) is 17.0 Å². The van der Waals surface area contributed by atoms with Gasteiger partial charge in [-0.1, -0.05) is 30.1 Å². The van der Waals surface area contributed by atoms with Crippen molar-refractivity contribution in [2.45, 2.75) is 24.8 Å². The van der Waals surface area contributed by atoms with Crippen LogP contribution in [0.2, 0.25) is 10.0 Å². The minimum absolute atomic E-state index is 0.0129. The third kappa shape index (κ3) is 5.73. The first kappa shape index (κ1) is 18.7. The lowest BCUT2D eigenvalue weighted by atomic mass is 10.2. The highest BCUT2D eigenvalue weighted by atomic mass is 35.5. The highest BCUT2D eigenvalue weighted by Gasteiger charge is 2.20. The van der Waals surface area contributed by atoms with Crippen LogP contribution in [0.25, 0.3) is 0 Å². The molecule has 0 amide bonds. The van der Waals surface area contributed by atoms with E-state index in [0.717, 1.165) is 13.0 Å². The van der Waals surface area contributed by atoms with E-state index in [2.05, 4.69) is 10.0 Å². The Morgan fingerprint density at radius 1 is 1.24 bits per heavy atom. The Morgan fingerprint density at radius 3 is 2.57 bits per heavy atom. The van der Waals surface area contributed by atoms with Gasteiger partial charge < -0.3 is 10.1 Å². The van der Waals surface area contributed by atoms with Gasteiger partial charge in [-0.25, -0.2) is 13.1 Å². The Labute approximate surface area is 136 Å². The third-order valence-electron chi connectivity index (χ3n) is 2.71. The number of ether oxygens (including phenoxy) is 1. The second-order valence-electron chi connectivity index (χ2n) is 4.44. The molecular weight excluding hydrogens is 335 g/mol. The van der Waals surface area contributed by atoms with Crippen molar-refractivity contribution < 1.29 is 13.2 Å². The Hall–Kier alpha value is -0.370. The standard InChI is InChI=1S/C13H20Cl2N2O3S/c1-3-4-16-9-10-7-11(14)8-12(13(10)15)21(18,19)17-5-6-20-2/h7-8,16-17H,3-6,9H2,1-2H3. The van der Waals surface area contributed by atoms with Gasteiger partial charge in [0.1, 0.15) is 4.90 Å². The molecule has 120 valence electrons. The van der Waals surface area contributed by atoms with Crippen LogP contribution >= 0.6 is 23.2 Å². The normalized spacial score (nSPS) is 11.8. The molecule has 0 unspecified atom stereocenters. The van der Waals surface area contributed by atoms with E-state index in [0.29, 0.717) is 17.1 Å². The monoisotopic (exact) mass is 354 g/mol. The molecule has 0 aliphatic heterocycles. The van der Waals surface area contributed by atoms with Crippen LogP contribution in [-0.4, -0.2) is 35.2 Å². The maximum absolute atomic E-state index is 12.2. The molecule has 5 nitrogen and oxygen atoms in total.